The number of methoxy groups -OCH3 is 2. The topological polar surface area (TPSA) is 85.7 Å². The van der Waals surface area contributed by atoms with Gasteiger partial charge in [-0.2, -0.15) is 5.10 Å². The number of carbonyl (C=O) groups is 1. The summed E-state index contributed by atoms with van der Waals surface area (Å²) in [6.45, 7) is 0. The molecule has 0 saturated heterocycles. The number of benzene rings is 2. The summed E-state index contributed by atoms with van der Waals surface area (Å²) in [7, 11) is 3.12. The molecule has 0 atom stereocenters. The highest BCUT2D eigenvalue weighted by atomic mass is 16.5. The Hall–Kier alpha value is -4.26. The van der Waals surface area contributed by atoms with Gasteiger partial charge >= 0.3 is 0 Å². The number of fused-ring (bicyclic) bond motifs is 1. The predicted octanol–water partition coefficient (Wildman–Crippen LogP) is 4.08. The lowest BCUT2D eigenvalue weighted by Gasteiger charge is -2.10. The molecule has 7 heteroatoms. The SMILES string of the molecule is COc1cccc(C=NNC(=O)c2cc(-c3ccccn3)nc3ccccc23)c1OC. The molecule has 0 saturated carbocycles. The van der Waals surface area contributed by atoms with E-state index in [4.69, 9.17) is 9.47 Å². The second kappa shape index (κ2) is 9.04. The number of aromatic nitrogens is 2. The number of hydrogen-bond acceptors (Lipinski definition) is 6. The molecule has 7 nitrogen and oxygen atoms in total. The standard InChI is InChI=1S/C24H20N4O3/c1-30-22-12-7-8-16(23(22)31-2)15-26-28-24(29)18-14-21(20-11-5-6-13-25-20)27-19-10-4-3-9-17(18)19/h3-15H,1-2H3,(H,28,29). The van der Waals surface area contributed by atoms with Crippen LogP contribution < -0.4 is 14.9 Å². The molecule has 0 radical (unpaired) electrons. The molecule has 0 unspecified atom stereocenters. The summed E-state index contributed by atoms with van der Waals surface area (Å²) < 4.78 is 10.7. The number of para-hydroxylation sites is 2. The van der Waals surface area contributed by atoms with Crippen LogP contribution in [0.5, 0.6) is 11.5 Å². The van der Waals surface area contributed by atoms with Crippen LogP contribution in [0.1, 0.15) is 15.9 Å². The van der Waals surface area contributed by atoms with Gasteiger partial charge in [0, 0.05) is 17.1 Å². The molecule has 4 aromatic rings. The van der Waals surface area contributed by atoms with E-state index in [1.807, 2.05) is 54.6 Å². The number of rotatable bonds is 6. The van der Waals surface area contributed by atoms with Crippen LogP contribution in [0.15, 0.2) is 78.0 Å². The van der Waals surface area contributed by atoms with E-state index in [0.29, 0.717) is 39.5 Å². The Morgan fingerprint density at radius 1 is 0.968 bits per heavy atom. The molecule has 0 aliphatic rings. The molecule has 4 rings (SSSR count). The fourth-order valence-corrected chi connectivity index (χ4v) is 3.24. The molecule has 2 aromatic heterocycles. The maximum atomic E-state index is 13.0. The van der Waals surface area contributed by atoms with Gasteiger partial charge in [0.05, 0.1) is 42.9 Å². The third kappa shape index (κ3) is 4.20. The van der Waals surface area contributed by atoms with E-state index in [9.17, 15) is 4.79 Å². The Morgan fingerprint density at radius 3 is 2.58 bits per heavy atom. The average molecular weight is 412 g/mol. The summed E-state index contributed by atoms with van der Waals surface area (Å²) in [5.74, 6) is 0.765. The van der Waals surface area contributed by atoms with E-state index in [1.54, 1.807) is 32.5 Å². The molecule has 2 heterocycles. The Labute approximate surface area is 179 Å². The van der Waals surface area contributed by atoms with Crippen molar-refractivity contribution >= 4 is 23.0 Å². The highest BCUT2D eigenvalue weighted by molar-refractivity contribution is 6.07. The number of carbonyl (C=O) groups excluding carboxylic acids is 1. The summed E-state index contributed by atoms with van der Waals surface area (Å²) >= 11 is 0. The van der Waals surface area contributed by atoms with Gasteiger partial charge in [0.2, 0.25) is 0 Å². The van der Waals surface area contributed by atoms with Gasteiger partial charge in [-0.3, -0.25) is 9.78 Å². The summed E-state index contributed by atoms with van der Waals surface area (Å²) in [5.41, 5.74) is 5.73. The zero-order chi connectivity index (χ0) is 21.6. The number of nitrogens with one attached hydrogen (secondary N) is 1. The fraction of sp³-hybridized carbons (Fsp3) is 0.0833. The molecule has 0 aliphatic heterocycles. The van der Waals surface area contributed by atoms with E-state index in [2.05, 4.69) is 20.5 Å². The quantitative estimate of drug-likeness (QED) is 0.381. The first-order chi connectivity index (χ1) is 15.2. The molecule has 2 aromatic carbocycles. The minimum atomic E-state index is -0.353. The highest BCUT2D eigenvalue weighted by Crippen LogP contribution is 2.29. The minimum absolute atomic E-state index is 0.353. The molecule has 0 spiro atoms. The maximum absolute atomic E-state index is 13.0. The van der Waals surface area contributed by atoms with Crippen molar-refractivity contribution in [2.45, 2.75) is 0 Å². The number of nitrogens with zero attached hydrogens (tertiary/aromatic N) is 3. The van der Waals surface area contributed by atoms with Crippen molar-refractivity contribution in [2.24, 2.45) is 5.10 Å². The fourth-order valence-electron chi connectivity index (χ4n) is 3.24. The number of hydrazone groups is 1. The van der Waals surface area contributed by atoms with Crippen LogP contribution in [0.25, 0.3) is 22.3 Å². The smallest absolute Gasteiger partial charge is 0.272 e. The van der Waals surface area contributed by atoms with Crippen LogP contribution >= 0.6 is 0 Å². The number of ether oxygens (including phenoxy) is 2. The van der Waals surface area contributed by atoms with Crippen LogP contribution in [-0.4, -0.2) is 36.3 Å². The first-order valence-corrected chi connectivity index (χ1v) is 9.57. The number of hydrogen-bond donors (Lipinski definition) is 1. The van der Waals surface area contributed by atoms with Gasteiger partial charge in [0.1, 0.15) is 0 Å². The van der Waals surface area contributed by atoms with Gasteiger partial charge in [-0.25, -0.2) is 10.4 Å². The lowest BCUT2D eigenvalue weighted by molar-refractivity contribution is 0.0956. The van der Waals surface area contributed by atoms with Crippen LogP contribution in [-0.2, 0) is 0 Å². The van der Waals surface area contributed by atoms with Crippen molar-refractivity contribution in [1.82, 2.24) is 15.4 Å². The Kier molecular flexibility index (Phi) is 5.84. The van der Waals surface area contributed by atoms with Gasteiger partial charge in [0.15, 0.2) is 11.5 Å². The second-order valence-electron chi connectivity index (χ2n) is 6.57. The molecule has 154 valence electrons. The number of amides is 1. The van der Waals surface area contributed by atoms with Gasteiger partial charge in [-0.15, -0.1) is 0 Å². The van der Waals surface area contributed by atoms with E-state index in [0.717, 1.165) is 5.39 Å². The summed E-state index contributed by atoms with van der Waals surface area (Å²) in [4.78, 5) is 22.0. The molecule has 0 fully saturated rings. The highest BCUT2D eigenvalue weighted by Gasteiger charge is 2.14. The second-order valence-corrected chi connectivity index (χ2v) is 6.57. The van der Waals surface area contributed by atoms with Crippen molar-refractivity contribution in [3.63, 3.8) is 0 Å². The summed E-state index contributed by atoms with van der Waals surface area (Å²) in [6, 6.07) is 20.2. The molecular weight excluding hydrogens is 392 g/mol. The first-order valence-electron chi connectivity index (χ1n) is 9.57. The molecular formula is C24H20N4O3. The third-order valence-electron chi connectivity index (χ3n) is 4.69. The monoisotopic (exact) mass is 412 g/mol. The molecule has 0 bridgehead atoms. The Bertz CT molecular complexity index is 1260. The van der Waals surface area contributed by atoms with Crippen molar-refractivity contribution in [3.8, 4) is 22.9 Å². The molecule has 0 aliphatic carbocycles. The predicted molar refractivity (Wildman–Crippen MR) is 120 cm³/mol. The Balaban J connectivity index is 1.66. The summed E-state index contributed by atoms with van der Waals surface area (Å²) in [6.07, 6.45) is 3.21. The Morgan fingerprint density at radius 2 is 1.81 bits per heavy atom. The molecule has 1 amide bonds. The van der Waals surface area contributed by atoms with Crippen LogP contribution in [0, 0.1) is 0 Å². The average Bonchev–Trinajstić information content (AvgIpc) is 2.83. The zero-order valence-corrected chi connectivity index (χ0v) is 17.1. The van der Waals surface area contributed by atoms with Crippen LogP contribution in [0.4, 0.5) is 0 Å². The van der Waals surface area contributed by atoms with Crippen molar-refractivity contribution < 1.29 is 14.3 Å². The molecule has 31 heavy (non-hydrogen) atoms. The van der Waals surface area contributed by atoms with Gasteiger partial charge < -0.3 is 9.47 Å². The molecule has 1 N–H and O–H groups in total. The van der Waals surface area contributed by atoms with Crippen LogP contribution in [0.3, 0.4) is 0 Å². The maximum Gasteiger partial charge on any atom is 0.272 e. The summed E-state index contributed by atoms with van der Waals surface area (Å²) in [5, 5.41) is 4.85. The van der Waals surface area contributed by atoms with E-state index < -0.39 is 0 Å². The third-order valence-corrected chi connectivity index (χ3v) is 4.69. The minimum Gasteiger partial charge on any atom is -0.493 e. The lowest BCUT2D eigenvalue weighted by Crippen LogP contribution is -2.18. The largest absolute Gasteiger partial charge is 0.493 e. The van der Waals surface area contributed by atoms with E-state index in [-0.39, 0.29) is 5.91 Å². The van der Waals surface area contributed by atoms with Crippen LogP contribution in [0.2, 0.25) is 0 Å². The lowest BCUT2D eigenvalue weighted by atomic mass is 10.1. The first kappa shape index (κ1) is 20.0. The van der Waals surface area contributed by atoms with Crippen molar-refractivity contribution in [1.29, 1.82) is 0 Å². The van der Waals surface area contributed by atoms with E-state index >= 15 is 0 Å². The van der Waals surface area contributed by atoms with Crippen molar-refractivity contribution in [3.05, 3.63) is 84.1 Å². The van der Waals surface area contributed by atoms with E-state index in [1.165, 1.54) is 6.21 Å². The van der Waals surface area contributed by atoms with Gasteiger partial charge in [-0.1, -0.05) is 30.3 Å². The zero-order valence-electron chi connectivity index (χ0n) is 17.1. The number of pyridine rings is 2. The van der Waals surface area contributed by atoms with Gasteiger partial charge in [-0.05, 0) is 36.4 Å². The van der Waals surface area contributed by atoms with Crippen molar-refractivity contribution in [2.75, 3.05) is 14.2 Å². The van der Waals surface area contributed by atoms with Gasteiger partial charge in [0.25, 0.3) is 5.91 Å². The normalized spacial score (nSPS) is 10.9.